The molecule has 32 heavy (non-hydrogen) atoms. The Bertz CT molecular complexity index is 1190. The van der Waals surface area contributed by atoms with Crippen LogP contribution in [0.15, 0.2) is 47.1 Å². The highest BCUT2D eigenvalue weighted by Gasteiger charge is 2.44. The van der Waals surface area contributed by atoms with Gasteiger partial charge >= 0.3 is 5.97 Å². The molecule has 2 N–H and O–H groups in total. The summed E-state index contributed by atoms with van der Waals surface area (Å²) in [4.78, 5) is 30.6. The van der Waals surface area contributed by atoms with E-state index < -0.39 is 24.2 Å². The Morgan fingerprint density at radius 1 is 1.25 bits per heavy atom. The van der Waals surface area contributed by atoms with Gasteiger partial charge in [-0.1, -0.05) is 29.8 Å². The molecule has 2 heterocycles. The van der Waals surface area contributed by atoms with E-state index in [1.165, 1.54) is 17.0 Å². The van der Waals surface area contributed by atoms with E-state index in [9.17, 15) is 19.1 Å². The molecule has 2 aromatic carbocycles. The molecule has 0 spiro atoms. The van der Waals surface area contributed by atoms with Crippen molar-refractivity contribution in [1.82, 2.24) is 9.88 Å². The smallest absolute Gasteiger partial charge is 0.331 e. The maximum absolute atomic E-state index is 13.8. The van der Waals surface area contributed by atoms with Gasteiger partial charge in [0.05, 0.1) is 0 Å². The zero-order valence-corrected chi connectivity index (χ0v) is 19.5. The number of halogens is 2. The van der Waals surface area contributed by atoms with E-state index in [2.05, 4.69) is 20.9 Å². The van der Waals surface area contributed by atoms with E-state index in [0.717, 1.165) is 11.1 Å². The molecule has 6 nitrogen and oxygen atoms in total. The van der Waals surface area contributed by atoms with Crippen molar-refractivity contribution < 1.29 is 23.8 Å². The summed E-state index contributed by atoms with van der Waals surface area (Å²) in [7, 11) is 0. The number of benzene rings is 2. The van der Waals surface area contributed by atoms with Gasteiger partial charge < -0.3 is 19.7 Å². The molecule has 0 saturated carbocycles. The predicted molar refractivity (Wildman–Crippen MR) is 122 cm³/mol. The Morgan fingerprint density at radius 3 is 2.69 bits per heavy atom. The summed E-state index contributed by atoms with van der Waals surface area (Å²) < 4.78 is 20.6. The number of aliphatic carboxylic acids is 1. The number of carbonyl (C=O) groups is 2. The van der Waals surface area contributed by atoms with Gasteiger partial charge in [0.2, 0.25) is 0 Å². The standard InChI is InChI=1S/C24H24BrFN2O4/c1-12(2)22-23(29)28(21(24(30)31)18-9-15(25)4-7-20(18)32-22)13(3)8-14-11-27-19-6-5-16(26)10-17(14)19/h4-7,9-13,21-22,27H,8H2,1-3H3,(H,30,31). The number of aromatic amines is 1. The molecule has 1 aliphatic heterocycles. The fourth-order valence-electron chi connectivity index (χ4n) is 4.33. The topological polar surface area (TPSA) is 82.6 Å². The average Bonchev–Trinajstić information content (AvgIpc) is 3.05. The van der Waals surface area contributed by atoms with E-state index in [-0.39, 0.29) is 17.6 Å². The number of carboxylic acids is 1. The lowest BCUT2D eigenvalue weighted by Gasteiger charge is -2.34. The predicted octanol–water partition coefficient (Wildman–Crippen LogP) is 5.07. The zero-order valence-electron chi connectivity index (χ0n) is 17.9. The molecule has 3 aromatic rings. The molecule has 8 heteroatoms. The minimum absolute atomic E-state index is 0.163. The third kappa shape index (κ3) is 3.99. The molecule has 0 bridgehead atoms. The Kier molecular flexibility index (Phi) is 5.99. The summed E-state index contributed by atoms with van der Waals surface area (Å²) in [6.07, 6.45) is 1.31. The fraction of sp³-hybridized carbons (Fsp3) is 0.333. The molecule has 3 atom stereocenters. The molecule has 0 saturated heterocycles. The second-order valence-corrected chi connectivity index (χ2v) is 9.42. The number of ether oxygens (including phenoxy) is 1. The summed E-state index contributed by atoms with van der Waals surface area (Å²) >= 11 is 3.40. The maximum atomic E-state index is 13.8. The van der Waals surface area contributed by atoms with E-state index >= 15 is 0 Å². The highest BCUT2D eigenvalue weighted by molar-refractivity contribution is 9.10. The number of amides is 1. The molecule has 0 fully saturated rings. The number of fused-ring (bicyclic) bond motifs is 2. The normalized spacial score (nSPS) is 19.6. The highest BCUT2D eigenvalue weighted by Crippen LogP contribution is 2.39. The van der Waals surface area contributed by atoms with Crippen molar-refractivity contribution in [2.24, 2.45) is 5.92 Å². The number of carbonyl (C=O) groups excluding carboxylic acids is 1. The molecule has 3 unspecified atom stereocenters. The van der Waals surface area contributed by atoms with Gasteiger partial charge in [0.15, 0.2) is 12.1 Å². The second-order valence-electron chi connectivity index (χ2n) is 8.51. The van der Waals surface area contributed by atoms with Gasteiger partial charge in [-0.3, -0.25) is 4.79 Å². The molecule has 0 aliphatic carbocycles. The molecular formula is C24H24BrFN2O4. The summed E-state index contributed by atoms with van der Waals surface area (Å²) in [6, 6.07) is 7.92. The van der Waals surface area contributed by atoms with Gasteiger partial charge in [-0.05, 0) is 61.2 Å². The first-order valence-corrected chi connectivity index (χ1v) is 11.2. The Balaban J connectivity index is 1.80. The minimum atomic E-state index is -1.21. The Hall–Kier alpha value is -2.87. The molecule has 0 radical (unpaired) electrons. The number of hydrogen-bond acceptors (Lipinski definition) is 3. The van der Waals surface area contributed by atoms with E-state index in [1.807, 2.05) is 20.8 Å². The van der Waals surface area contributed by atoms with E-state index in [4.69, 9.17) is 4.74 Å². The second kappa shape index (κ2) is 8.58. The fourth-order valence-corrected chi connectivity index (χ4v) is 4.71. The van der Waals surface area contributed by atoms with Crippen molar-refractivity contribution in [3.8, 4) is 5.75 Å². The van der Waals surface area contributed by atoms with Crippen molar-refractivity contribution in [3.05, 3.63) is 64.0 Å². The van der Waals surface area contributed by atoms with Crippen LogP contribution in [0.1, 0.15) is 37.9 Å². The zero-order chi connectivity index (χ0) is 23.2. The lowest BCUT2D eigenvalue weighted by molar-refractivity contribution is -0.155. The number of aromatic nitrogens is 1. The van der Waals surface area contributed by atoms with Crippen LogP contribution in [-0.2, 0) is 16.0 Å². The Morgan fingerprint density at radius 2 is 2.00 bits per heavy atom. The highest BCUT2D eigenvalue weighted by atomic mass is 79.9. The van der Waals surface area contributed by atoms with Crippen molar-refractivity contribution in [1.29, 1.82) is 0 Å². The molecule has 1 aromatic heterocycles. The van der Waals surface area contributed by atoms with Gasteiger partial charge in [-0.2, -0.15) is 0 Å². The number of carboxylic acid groups (broad SMARTS) is 1. The first kappa shape index (κ1) is 22.3. The molecule has 168 valence electrons. The van der Waals surface area contributed by atoms with Crippen LogP contribution in [-0.4, -0.2) is 39.0 Å². The SMILES string of the molecule is CC(C)C1Oc2ccc(Br)cc2C(C(=O)O)N(C(C)Cc2c[nH]c3ccc(F)cc23)C1=O. The monoisotopic (exact) mass is 502 g/mol. The van der Waals surface area contributed by atoms with Gasteiger partial charge in [-0.25, -0.2) is 9.18 Å². The molecule has 1 aliphatic rings. The third-order valence-electron chi connectivity index (χ3n) is 5.86. The van der Waals surface area contributed by atoms with Gasteiger partial charge in [0.1, 0.15) is 11.6 Å². The van der Waals surface area contributed by atoms with Crippen LogP contribution in [0.25, 0.3) is 10.9 Å². The average molecular weight is 503 g/mol. The molecule has 4 rings (SSSR count). The molecule has 1 amide bonds. The van der Waals surface area contributed by atoms with Crippen molar-refractivity contribution in [2.45, 2.75) is 45.4 Å². The molecular weight excluding hydrogens is 479 g/mol. The van der Waals surface area contributed by atoms with Crippen LogP contribution in [0.5, 0.6) is 5.75 Å². The Labute approximate surface area is 193 Å². The van der Waals surface area contributed by atoms with E-state index in [1.54, 1.807) is 30.5 Å². The van der Waals surface area contributed by atoms with E-state index in [0.29, 0.717) is 27.6 Å². The number of hydrogen-bond donors (Lipinski definition) is 2. The number of nitrogens with zero attached hydrogens (tertiary/aromatic N) is 1. The van der Waals surface area contributed by atoms with Crippen LogP contribution in [0.3, 0.4) is 0 Å². The van der Waals surface area contributed by atoms with Crippen molar-refractivity contribution in [3.63, 3.8) is 0 Å². The lowest BCUT2D eigenvalue weighted by atomic mass is 9.98. The number of H-pyrrole nitrogens is 1. The van der Waals surface area contributed by atoms with Crippen LogP contribution in [0.4, 0.5) is 4.39 Å². The first-order valence-electron chi connectivity index (χ1n) is 10.4. The summed E-state index contributed by atoms with van der Waals surface area (Å²) in [5, 5.41) is 10.9. The quantitative estimate of drug-likeness (QED) is 0.510. The van der Waals surface area contributed by atoms with Crippen LogP contribution >= 0.6 is 15.9 Å². The van der Waals surface area contributed by atoms with Gasteiger partial charge in [-0.15, -0.1) is 0 Å². The van der Waals surface area contributed by atoms with Crippen molar-refractivity contribution in [2.75, 3.05) is 0 Å². The lowest BCUT2D eigenvalue weighted by Crippen LogP contribution is -2.50. The first-order chi connectivity index (χ1) is 15.2. The van der Waals surface area contributed by atoms with Crippen LogP contribution in [0.2, 0.25) is 0 Å². The summed E-state index contributed by atoms with van der Waals surface area (Å²) in [6.45, 7) is 5.55. The third-order valence-corrected chi connectivity index (χ3v) is 6.35. The largest absolute Gasteiger partial charge is 0.480 e. The van der Waals surface area contributed by atoms with Gasteiger partial charge in [0.25, 0.3) is 5.91 Å². The summed E-state index contributed by atoms with van der Waals surface area (Å²) in [5.74, 6) is -1.65. The number of nitrogens with one attached hydrogen (secondary N) is 1. The van der Waals surface area contributed by atoms with Crippen LogP contribution in [0, 0.1) is 11.7 Å². The van der Waals surface area contributed by atoms with Crippen molar-refractivity contribution >= 4 is 38.7 Å². The van der Waals surface area contributed by atoms with Gasteiger partial charge in [0, 0.05) is 33.2 Å². The summed E-state index contributed by atoms with van der Waals surface area (Å²) in [5.41, 5.74) is 2.01. The minimum Gasteiger partial charge on any atom is -0.480 e. The van der Waals surface area contributed by atoms with Crippen LogP contribution < -0.4 is 4.74 Å². The maximum Gasteiger partial charge on any atom is 0.331 e. The number of rotatable bonds is 5.